The molecule has 0 atom stereocenters. The van der Waals surface area contributed by atoms with E-state index >= 15 is 0 Å². The smallest absolute Gasteiger partial charge is 0.253 e. The van der Waals surface area contributed by atoms with Gasteiger partial charge in [-0.3, -0.25) is 4.79 Å². The Morgan fingerprint density at radius 2 is 2.10 bits per heavy atom. The summed E-state index contributed by atoms with van der Waals surface area (Å²) in [6.45, 7) is 4.95. The van der Waals surface area contributed by atoms with Gasteiger partial charge in [0.1, 0.15) is 5.75 Å². The molecule has 0 aliphatic carbocycles. The number of aromatic hydroxyl groups is 1. The summed E-state index contributed by atoms with van der Waals surface area (Å²) in [5.74, 6) is -0.173. The fraction of sp³-hybridized carbons (Fsp3) is 0.533. The number of nitrogens with two attached hydrogens (primary N) is 1. The van der Waals surface area contributed by atoms with Crippen LogP contribution in [0, 0.1) is 5.41 Å². The Bertz CT molecular complexity index is 494. The Morgan fingerprint density at radius 3 is 2.75 bits per heavy atom. The number of hydrogen-bond acceptors (Lipinski definition) is 4. The molecule has 20 heavy (non-hydrogen) atoms. The molecule has 1 heterocycles. The van der Waals surface area contributed by atoms with Gasteiger partial charge in [0.25, 0.3) is 5.91 Å². The Kier molecular flexibility index (Phi) is 4.18. The van der Waals surface area contributed by atoms with Gasteiger partial charge in [-0.25, -0.2) is 0 Å². The van der Waals surface area contributed by atoms with Crippen molar-refractivity contribution in [2.45, 2.75) is 19.8 Å². The van der Waals surface area contributed by atoms with Gasteiger partial charge in [0.2, 0.25) is 0 Å². The van der Waals surface area contributed by atoms with Crippen LogP contribution >= 0.6 is 0 Å². The van der Waals surface area contributed by atoms with Crippen molar-refractivity contribution in [2.75, 3.05) is 32.4 Å². The van der Waals surface area contributed by atoms with Gasteiger partial charge in [-0.1, -0.05) is 6.92 Å². The fourth-order valence-electron chi connectivity index (χ4n) is 2.46. The van der Waals surface area contributed by atoms with Crippen LogP contribution in [0.1, 0.15) is 30.1 Å². The molecule has 110 valence electrons. The van der Waals surface area contributed by atoms with E-state index < -0.39 is 0 Å². The Morgan fingerprint density at radius 1 is 1.45 bits per heavy atom. The number of nitrogens with zero attached hydrogens (tertiary/aromatic N) is 1. The molecule has 0 radical (unpaired) electrons. The van der Waals surface area contributed by atoms with Gasteiger partial charge in [-0.2, -0.15) is 0 Å². The van der Waals surface area contributed by atoms with Crippen molar-refractivity contribution in [1.29, 1.82) is 0 Å². The first-order valence-corrected chi connectivity index (χ1v) is 6.95. The molecular formula is C15H23N3O2. The van der Waals surface area contributed by atoms with Gasteiger partial charge in [-0.05, 0) is 56.6 Å². The number of amides is 1. The Hall–Kier alpha value is -1.75. The van der Waals surface area contributed by atoms with Crippen molar-refractivity contribution >= 4 is 11.6 Å². The zero-order valence-corrected chi connectivity index (χ0v) is 12.1. The van der Waals surface area contributed by atoms with E-state index in [0.29, 0.717) is 17.8 Å². The summed E-state index contributed by atoms with van der Waals surface area (Å²) >= 11 is 0. The minimum absolute atomic E-state index is 0.0508. The average molecular weight is 277 g/mol. The summed E-state index contributed by atoms with van der Waals surface area (Å²) in [6.07, 6.45) is 2.14. The lowest BCUT2D eigenvalue weighted by atomic mass is 9.80. The number of carbonyl (C=O) groups is 1. The van der Waals surface area contributed by atoms with E-state index in [-0.39, 0.29) is 17.1 Å². The molecule has 5 heteroatoms. The minimum atomic E-state index is -0.224. The van der Waals surface area contributed by atoms with E-state index in [9.17, 15) is 9.90 Å². The van der Waals surface area contributed by atoms with Crippen molar-refractivity contribution in [3.63, 3.8) is 0 Å². The molecule has 0 aromatic heterocycles. The minimum Gasteiger partial charge on any atom is -0.508 e. The molecule has 1 amide bonds. The normalized spacial score (nSPS) is 18.7. The fourth-order valence-corrected chi connectivity index (χ4v) is 2.46. The SMILES string of the molecule is CN1CCC(C)(CNC(=O)c2cc(O)ccc2N)CC1. The Balaban J connectivity index is 1.97. The highest BCUT2D eigenvalue weighted by Gasteiger charge is 2.29. The van der Waals surface area contributed by atoms with Crippen LogP contribution in [0.25, 0.3) is 0 Å². The number of carbonyl (C=O) groups excluding carboxylic acids is 1. The van der Waals surface area contributed by atoms with Gasteiger partial charge < -0.3 is 21.1 Å². The zero-order valence-electron chi connectivity index (χ0n) is 12.1. The van der Waals surface area contributed by atoms with E-state index in [1.165, 1.54) is 12.1 Å². The number of phenols is 1. The molecule has 2 rings (SSSR count). The zero-order chi connectivity index (χ0) is 14.8. The molecule has 0 saturated carbocycles. The van der Waals surface area contributed by atoms with E-state index in [1.807, 2.05) is 0 Å². The first-order valence-electron chi connectivity index (χ1n) is 6.95. The Labute approximate surface area is 119 Å². The van der Waals surface area contributed by atoms with Gasteiger partial charge in [0, 0.05) is 12.2 Å². The maximum atomic E-state index is 12.2. The first kappa shape index (κ1) is 14.7. The maximum Gasteiger partial charge on any atom is 0.253 e. The van der Waals surface area contributed by atoms with Crippen LogP contribution in [0.5, 0.6) is 5.75 Å². The van der Waals surface area contributed by atoms with Gasteiger partial charge in [0.15, 0.2) is 0 Å². The largest absolute Gasteiger partial charge is 0.508 e. The van der Waals surface area contributed by atoms with Crippen molar-refractivity contribution in [3.8, 4) is 5.75 Å². The molecule has 0 bridgehead atoms. The molecule has 1 saturated heterocycles. The second-order valence-corrected chi connectivity index (χ2v) is 6.07. The number of nitrogen functional groups attached to an aromatic ring is 1. The number of piperidine rings is 1. The van der Waals surface area contributed by atoms with E-state index in [2.05, 4.69) is 24.2 Å². The van der Waals surface area contributed by atoms with Crippen LogP contribution in [0.4, 0.5) is 5.69 Å². The topological polar surface area (TPSA) is 78.6 Å². The van der Waals surface area contributed by atoms with Crippen molar-refractivity contribution in [2.24, 2.45) is 5.41 Å². The molecule has 4 N–H and O–H groups in total. The molecule has 1 aromatic carbocycles. The van der Waals surface area contributed by atoms with Crippen molar-refractivity contribution in [3.05, 3.63) is 23.8 Å². The number of rotatable bonds is 3. The third kappa shape index (κ3) is 3.42. The molecule has 1 fully saturated rings. The lowest BCUT2D eigenvalue weighted by molar-refractivity contribution is 0.0892. The summed E-state index contributed by atoms with van der Waals surface area (Å²) in [5, 5.41) is 12.4. The second-order valence-electron chi connectivity index (χ2n) is 6.07. The van der Waals surface area contributed by atoms with Crippen LogP contribution in [0.2, 0.25) is 0 Å². The molecule has 1 aliphatic heterocycles. The molecule has 0 unspecified atom stereocenters. The summed E-state index contributed by atoms with van der Waals surface area (Å²) < 4.78 is 0. The van der Waals surface area contributed by atoms with Gasteiger partial charge >= 0.3 is 0 Å². The third-order valence-corrected chi connectivity index (χ3v) is 4.15. The summed E-state index contributed by atoms with van der Waals surface area (Å²) in [7, 11) is 2.12. The van der Waals surface area contributed by atoms with Crippen LogP contribution in [-0.2, 0) is 0 Å². The highest BCUT2D eigenvalue weighted by Crippen LogP contribution is 2.29. The van der Waals surface area contributed by atoms with Crippen molar-refractivity contribution in [1.82, 2.24) is 10.2 Å². The summed E-state index contributed by atoms with van der Waals surface area (Å²) in [5.41, 5.74) is 6.62. The van der Waals surface area contributed by atoms with Crippen LogP contribution in [0.15, 0.2) is 18.2 Å². The quantitative estimate of drug-likeness (QED) is 0.577. The van der Waals surface area contributed by atoms with E-state index in [4.69, 9.17) is 5.73 Å². The predicted octanol–water partition coefficient (Wildman–Crippen LogP) is 1.44. The van der Waals surface area contributed by atoms with Crippen molar-refractivity contribution < 1.29 is 9.90 Å². The first-order chi connectivity index (χ1) is 9.39. The van der Waals surface area contributed by atoms with E-state index in [0.717, 1.165) is 25.9 Å². The van der Waals surface area contributed by atoms with E-state index in [1.54, 1.807) is 6.07 Å². The number of nitrogens with one attached hydrogen (secondary N) is 1. The predicted molar refractivity (Wildman–Crippen MR) is 79.7 cm³/mol. The standard InChI is InChI=1S/C15H23N3O2/c1-15(5-7-18(2)8-6-15)10-17-14(20)12-9-11(19)3-4-13(12)16/h3-4,9,19H,5-8,10,16H2,1-2H3,(H,17,20). The number of hydrogen-bond donors (Lipinski definition) is 3. The van der Waals surface area contributed by atoms with Crippen LogP contribution < -0.4 is 11.1 Å². The van der Waals surface area contributed by atoms with Crippen LogP contribution in [-0.4, -0.2) is 42.6 Å². The highest BCUT2D eigenvalue weighted by molar-refractivity contribution is 5.99. The molecular weight excluding hydrogens is 254 g/mol. The molecule has 0 spiro atoms. The summed E-state index contributed by atoms with van der Waals surface area (Å²) in [4.78, 5) is 14.5. The third-order valence-electron chi connectivity index (χ3n) is 4.15. The molecule has 5 nitrogen and oxygen atoms in total. The monoisotopic (exact) mass is 277 g/mol. The lowest BCUT2D eigenvalue weighted by Gasteiger charge is -2.38. The summed E-state index contributed by atoms with van der Waals surface area (Å²) in [6, 6.07) is 4.42. The maximum absolute atomic E-state index is 12.2. The average Bonchev–Trinajstić information content (AvgIpc) is 2.43. The number of benzene rings is 1. The van der Waals surface area contributed by atoms with Gasteiger partial charge in [-0.15, -0.1) is 0 Å². The van der Waals surface area contributed by atoms with Crippen LogP contribution in [0.3, 0.4) is 0 Å². The number of anilines is 1. The molecule has 1 aromatic rings. The highest BCUT2D eigenvalue weighted by atomic mass is 16.3. The second kappa shape index (κ2) is 5.71. The number of phenolic OH excluding ortho intramolecular Hbond substituents is 1. The lowest BCUT2D eigenvalue weighted by Crippen LogP contribution is -2.43. The number of likely N-dealkylation sites (tertiary alicyclic amines) is 1. The molecule has 1 aliphatic rings. The van der Waals surface area contributed by atoms with Gasteiger partial charge in [0.05, 0.1) is 5.56 Å².